The van der Waals surface area contributed by atoms with Crippen LogP contribution in [0.5, 0.6) is 5.75 Å². The van der Waals surface area contributed by atoms with Crippen LogP contribution in [0.15, 0.2) is 18.2 Å². The van der Waals surface area contributed by atoms with E-state index in [1.54, 1.807) is 6.07 Å². The Kier molecular flexibility index (Phi) is 4.71. The first-order valence-electron chi connectivity index (χ1n) is 5.36. The number of anilines is 1. The number of non-ortho nitro benzene ring substituents is 1. The summed E-state index contributed by atoms with van der Waals surface area (Å²) in [7, 11) is 1.48. The molecule has 94 valence electrons. The van der Waals surface area contributed by atoms with Gasteiger partial charge in [-0.05, 0) is 13.3 Å². The monoisotopic (exact) mass is 239 g/mol. The van der Waals surface area contributed by atoms with Gasteiger partial charge in [0.15, 0.2) is 0 Å². The fourth-order valence-corrected chi connectivity index (χ4v) is 1.35. The van der Waals surface area contributed by atoms with E-state index in [2.05, 4.69) is 5.32 Å². The molecule has 0 aromatic heterocycles. The van der Waals surface area contributed by atoms with Crippen LogP contribution < -0.4 is 15.8 Å². The van der Waals surface area contributed by atoms with E-state index < -0.39 is 4.92 Å². The van der Waals surface area contributed by atoms with Gasteiger partial charge in [-0.1, -0.05) is 0 Å². The Bertz CT molecular complexity index is 394. The summed E-state index contributed by atoms with van der Waals surface area (Å²) in [5, 5.41) is 13.8. The molecule has 0 bridgehead atoms. The second kappa shape index (κ2) is 6.05. The zero-order valence-corrected chi connectivity index (χ0v) is 9.97. The molecular formula is C11H17N3O3. The average Bonchev–Trinajstić information content (AvgIpc) is 2.28. The molecule has 6 nitrogen and oxygen atoms in total. The molecule has 1 rings (SSSR count). The quantitative estimate of drug-likeness (QED) is 0.583. The van der Waals surface area contributed by atoms with Gasteiger partial charge < -0.3 is 15.8 Å². The minimum Gasteiger partial charge on any atom is -0.496 e. The Labute approximate surface area is 99.9 Å². The zero-order valence-electron chi connectivity index (χ0n) is 9.97. The highest BCUT2D eigenvalue weighted by Gasteiger charge is 2.09. The Morgan fingerprint density at radius 3 is 2.76 bits per heavy atom. The van der Waals surface area contributed by atoms with E-state index in [0.717, 1.165) is 6.42 Å². The van der Waals surface area contributed by atoms with Crippen LogP contribution in [0.25, 0.3) is 0 Å². The maximum Gasteiger partial charge on any atom is 0.275 e. The molecule has 1 unspecified atom stereocenters. The number of nitrogens with zero attached hydrogens (tertiary/aromatic N) is 1. The van der Waals surface area contributed by atoms with Crippen molar-refractivity contribution in [3.63, 3.8) is 0 Å². The van der Waals surface area contributed by atoms with Gasteiger partial charge in [0.05, 0.1) is 18.1 Å². The predicted molar refractivity (Wildman–Crippen MR) is 66.4 cm³/mol. The third kappa shape index (κ3) is 4.28. The summed E-state index contributed by atoms with van der Waals surface area (Å²) < 4.78 is 5.00. The van der Waals surface area contributed by atoms with Crippen molar-refractivity contribution in [1.82, 2.24) is 0 Å². The van der Waals surface area contributed by atoms with Gasteiger partial charge in [-0.25, -0.2) is 0 Å². The van der Waals surface area contributed by atoms with E-state index in [1.165, 1.54) is 19.2 Å². The first-order valence-corrected chi connectivity index (χ1v) is 5.36. The number of benzene rings is 1. The highest BCUT2D eigenvalue weighted by atomic mass is 16.6. The molecular weight excluding hydrogens is 222 g/mol. The highest BCUT2D eigenvalue weighted by molar-refractivity contribution is 5.56. The molecule has 17 heavy (non-hydrogen) atoms. The molecule has 0 fully saturated rings. The molecule has 0 aliphatic heterocycles. The second-order valence-electron chi connectivity index (χ2n) is 3.87. The van der Waals surface area contributed by atoms with E-state index in [1.807, 2.05) is 6.92 Å². The lowest BCUT2D eigenvalue weighted by atomic mass is 10.2. The molecule has 3 N–H and O–H groups in total. The fourth-order valence-electron chi connectivity index (χ4n) is 1.35. The molecule has 0 aliphatic carbocycles. The van der Waals surface area contributed by atoms with Crippen LogP contribution in [0, 0.1) is 10.1 Å². The summed E-state index contributed by atoms with van der Waals surface area (Å²) in [5.41, 5.74) is 6.29. The van der Waals surface area contributed by atoms with E-state index in [9.17, 15) is 10.1 Å². The first kappa shape index (κ1) is 13.2. The summed E-state index contributed by atoms with van der Waals surface area (Å²) in [6.07, 6.45) is 0.797. The summed E-state index contributed by atoms with van der Waals surface area (Å²) in [6.45, 7) is 2.58. The molecule has 1 aromatic carbocycles. The summed E-state index contributed by atoms with van der Waals surface area (Å²) in [4.78, 5) is 10.3. The normalized spacial score (nSPS) is 11.9. The van der Waals surface area contributed by atoms with E-state index in [-0.39, 0.29) is 11.7 Å². The number of methoxy groups -OCH3 is 1. The summed E-state index contributed by atoms with van der Waals surface area (Å²) >= 11 is 0. The van der Waals surface area contributed by atoms with Crippen molar-refractivity contribution in [2.45, 2.75) is 19.4 Å². The van der Waals surface area contributed by atoms with Crippen molar-refractivity contribution >= 4 is 11.4 Å². The van der Waals surface area contributed by atoms with Crippen LogP contribution in [-0.4, -0.2) is 24.6 Å². The van der Waals surface area contributed by atoms with E-state index >= 15 is 0 Å². The van der Waals surface area contributed by atoms with Gasteiger partial charge in [0.2, 0.25) is 0 Å². The average molecular weight is 239 g/mol. The lowest BCUT2D eigenvalue weighted by molar-refractivity contribution is -0.384. The smallest absolute Gasteiger partial charge is 0.275 e. The Morgan fingerprint density at radius 1 is 1.53 bits per heavy atom. The van der Waals surface area contributed by atoms with Gasteiger partial charge in [0.1, 0.15) is 5.75 Å². The Morgan fingerprint density at radius 2 is 2.24 bits per heavy atom. The molecule has 0 saturated carbocycles. The molecule has 0 spiro atoms. The van der Waals surface area contributed by atoms with Gasteiger partial charge in [0, 0.05) is 30.4 Å². The van der Waals surface area contributed by atoms with E-state index in [0.29, 0.717) is 18.0 Å². The van der Waals surface area contributed by atoms with Crippen LogP contribution in [0.4, 0.5) is 11.4 Å². The minimum atomic E-state index is -0.445. The van der Waals surface area contributed by atoms with E-state index in [4.69, 9.17) is 10.5 Å². The molecule has 1 aromatic rings. The topological polar surface area (TPSA) is 90.4 Å². The number of hydrogen-bond acceptors (Lipinski definition) is 5. The number of nitrogens with two attached hydrogens (primary N) is 1. The molecule has 0 amide bonds. The van der Waals surface area contributed by atoms with Crippen molar-refractivity contribution in [2.75, 3.05) is 19.0 Å². The van der Waals surface area contributed by atoms with Crippen molar-refractivity contribution in [2.24, 2.45) is 5.73 Å². The lowest BCUT2D eigenvalue weighted by Crippen LogP contribution is -2.19. The van der Waals surface area contributed by atoms with Crippen molar-refractivity contribution in [3.05, 3.63) is 28.3 Å². The van der Waals surface area contributed by atoms with Crippen LogP contribution in [0.2, 0.25) is 0 Å². The predicted octanol–water partition coefficient (Wildman–Crippen LogP) is 1.75. The minimum absolute atomic E-state index is 0.00708. The molecule has 0 saturated heterocycles. The molecule has 0 heterocycles. The maximum atomic E-state index is 10.7. The number of nitro benzene ring substituents is 1. The molecule has 1 atom stereocenters. The van der Waals surface area contributed by atoms with Crippen molar-refractivity contribution in [3.8, 4) is 5.75 Å². The number of ether oxygens (including phenoxy) is 1. The summed E-state index contributed by atoms with van der Waals surface area (Å²) in [5.74, 6) is 0.461. The third-order valence-corrected chi connectivity index (χ3v) is 2.27. The van der Waals surface area contributed by atoms with Gasteiger partial charge in [-0.15, -0.1) is 0 Å². The Hall–Kier alpha value is -1.82. The third-order valence-electron chi connectivity index (χ3n) is 2.27. The standard InChI is InChI=1S/C11H17N3O3/c1-8(12)3-4-13-9-5-10(14(15)16)7-11(6-9)17-2/h5-8,13H,3-4,12H2,1-2H3. The number of hydrogen-bond donors (Lipinski definition) is 2. The molecule has 0 aliphatic rings. The van der Waals surface area contributed by atoms with Crippen LogP contribution in [-0.2, 0) is 0 Å². The lowest BCUT2D eigenvalue weighted by Gasteiger charge is -2.09. The Balaban J connectivity index is 2.76. The van der Waals surface area contributed by atoms with Crippen LogP contribution >= 0.6 is 0 Å². The first-order chi connectivity index (χ1) is 8.02. The van der Waals surface area contributed by atoms with Gasteiger partial charge in [-0.2, -0.15) is 0 Å². The van der Waals surface area contributed by atoms with Gasteiger partial charge in [0.25, 0.3) is 5.69 Å². The fraction of sp³-hybridized carbons (Fsp3) is 0.455. The largest absolute Gasteiger partial charge is 0.496 e. The molecule has 6 heteroatoms. The van der Waals surface area contributed by atoms with Gasteiger partial charge >= 0.3 is 0 Å². The summed E-state index contributed by atoms with van der Waals surface area (Å²) in [6, 6.07) is 4.68. The number of nitrogens with one attached hydrogen (secondary N) is 1. The SMILES string of the molecule is COc1cc(NCCC(C)N)cc([N+](=O)[O-])c1. The number of rotatable bonds is 6. The van der Waals surface area contributed by atoms with Crippen LogP contribution in [0.1, 0.15) is 13.3 Å². The second-order valence-corrected chi connectivity index (χ2v) is 3.87. The zero-order chi connectivity index (χ0) is 12.8. The molecule has 0 radical (unpaired) electrons. The van der Waals surface area contributed by atoms with Crippen molar-refractivity contribution in [1.29, 1.82) is 0 Å². The van der Waals surface area contributed by atoms with Gasteiger partial charge in [-0.3, -0.25) is 10.1 Å². The van der Waals surface area contributed by atoms with Crippen LogP contribution in [0.3, 0.4) is 0 Å². The van der Waals surface area contributed by atoms with Crippen molar-refractivity contribution < 1.29 is 9.66 Å². The highest BCUT2D eigenvalue weighted by Crippen LogP contribution is 2.25. The maximum absolute atomic E-state index is 10.7. The number of nitro groups is 1.